The zero-order chi connectivity index (χ0) is 18.2. The van der Waals surface area contributed by atoms with Crippen LogP contribution in [-0.4, -0.2) is 34.8 Å². The second-order valence-electron chi connectivity index (χ2n) is 6.22. The van der Waals surface area contributed by atoms with E-state index in [1.54, 1.807) is 32.9 Å². The third-order valence-electron chi connectivity index (χ3n) is 2.84. The Morgan fingerprint density at radius 2 is 1.79 bits per heavy atom. The number of ether oxygens (including phenoxy) is 2. The molecular formula is C17H23NO6. The number of hydrogen-bond donors (Lipinski definition) is 2. The zero-order valence-corrected chi connectivity index (χ0v) is 14.1. The quantitative estimate of drug-likeness (QED) is 0.741. The van der Waals surface area contributed by atoms with E-state index in [2.05, 4.69) is 5.32 Å². The van der Waals surface area contributed by atoms with Gasteiger partial charge < -0.3 is 19.9 Å². The summed E-state index contributed by atoms with van der Waals surface area (Å²) in [5.41, 5.74) is 0.0563. The van der Waals surface area contributed by atoms with Crippen molar-refractivity contribution in [1.29, 1.82) is 0 Å². The van der Waals surface area contributed by atoms with Gasteiger partial charge in [-0.2, -0.15) is 0 Å². The Kier molecular flexibility index (Phi) is 7.23. The average Bonchev–Trinajstić information content (AvgIpc) is 2.48. The van der Waals surface area contributed by atoms with E-state index in [-0.39, 0.29) is 19.4 Å². The van der Waals surface area contributed by atoms with Gasteiger partial charge in [-0.05, 0) is 32.8 Å². The van der Waals surface area contributed by atoms with Crippen molar-refractivity contribution in [3.63, 3.8) is 0 Å². The molecule has 1 aromatic rings. The highest BCUT2D eigenvalue weighted by Crippen LogP contribution is 2.11. The molecule has 0 unspecified atom stereocenters. The van der Waals surface area contributed by atoms with Crippen LogP contribution in [0.2, 0.25) is 0 Å². The first-order chi connectivity index (χ1) is 11.2. The number of esters is 1. The zero-order valence-electron chi connectivity index (χ0n) is 14.1. The van der Waals surface area contributed by atoms with Crippen molar-refractivity contribution in [2.75, 3.05) is 0 Å². The summed E-state index contributed by atoms with van der Waals surface area (Å²) in [6.45, 7) is 5.11. The fourth-order valence-electron chi connectivity index (χ4n) is 1.80. The number of benzene rings is 1. The maximum atomic E-state index is 12.1. The topological polar surface area (TPSA) is 102 Å². The van der Waals surface area contributed by atoms with Gasteiger partial charge in [0.05, 0.1) is 0 Å². The van der Waals surface area contributed by atoms with Gasteiger partial charge in [0.25, 0.3) is 0 Å². The lowest BCUT2D eigenvalue weighted by Crippen LogP contribution is -2.44. The summed E-state index contributed by atoms with van der Waals surface area (Å²) in [4.78, 5) is 34.7. The highest BCUT2D eigenvalue weighted by Gasteiger charge is 2.27. The average molecular weight is 337 g/mol. The highest BCUT2D eigenvalue weighted by molar-refractivity contribution is 5.82. The molecule has 132 valence electrons. The van der Waals surface area contributed by atoms with Crippen molar-refractivity contribution in [3.8, 4) is 0 Å². The standard InChI is InChI=1S/C17H23NO6/c1-17(2,3)24-15(21)13(9-10-14(19)20)18-16(22)23-11-12-7-5-4-6-8-12/h4-8,13H,9-11H2,1-3H3,(H,18,22)(H,19,20)/t13-/m0/s1. The van der Waals surface area contributed by atoms with Crippen LogP contribution in [0.4, 0.5) is 4.79 Å². The summed E-state index contributed by atoms with van der Waals surface area (Å²) in [7, 11) is 0. The van der Waals surface area contributed by atoms with Crippen molar-refractivity contribution in [1.82, 2.24) is 5.32 Å². The number of aliphatic carboxylic acids is 1. The van der Waals surface area contributed by atoms with E-state index >= 15 is 0 Å². The Bertz CT molecular complexity index is 564. The van der Waals surface area contributed by atoms with Gasteiger partial charge in [0.2, 0.25) is 0 Å². The van der Waals surface area contributed by atoms with Crippen LogP contribution in [0.3, 0.4) is 0 Å². The van der Waals surface area contributed by atoms with Crippen LogP contribution in [0.5, 0.6) is 0 Å². The van der Waals surface area contributed by atoms with Crippen LogP contribution in [0.1, 0.15) is 39.2 Å². The Labute approximate surface area is 141 Å². The first-order valence-electron chi connectivity index (χ1n) is 7.59. The van der Waals surface area contributed by atoms with Crippen molar-refractivity contribution in [2.24, 2.45) is 0 Å². The predicted molar refractivity (Wildman–Crippen MR) is 86.3 cm³/mol. The molecule has 1 atom stereocenters. The molecule has 0 heterocycles. The maximum absolute atomic E-state index is 12.1. The Hall–Kier alpha value is -2.57. The third kappa shape index (κ3) is 8.17. The molecule has 0 bridgehead atoms. The first-order valence-corrected chi connectivity index (χ1v) is 7.59. The molecule has 0 aliphatic carbocycles. The molecule has 1 rings (SSSR count). The molecule has 2 N–H and O–H groups in total. The van der Waals surface area contributed by atoms with E-state index < -0.39 is 29.7 Å². The molecule has 0 radical (unpaired) electrons. The number of hydrogen-bond acceptors (Lipinski definition) is 5. The monoisotopic (exact) mass is 337 g/mol. The second kappa shape index (κ2) is 8.90. The molecule has 0 saturated heterocycles. The highest BCUT2D eigenvalue weighted by atomic mass is 16.6. The molecule has 7 heteroatoms. The molecule has 1 amide bonds. The molecule has 0 aliphatic rings. The number of carboxylic acids is 1. The summed E-state index contributed by atoms with van der Waals surface area (Å²) in [5.74, 6) is -1.76. The molecule has 0 saturated carbocycles. The number of amides is 1. The number of alkyl carbamates (subject to hydrolysis) is 1. The second-order valence-corrected chi connectivity index (χ2v) is 6.22. The lowest BCUT2D eigenvalue weighted by Gasteiger charge is -2.24. The van der Waals surface area contributed by atoms with E-state index in [9.17, 15) is 14.4 Å². The van der Waals surface area contributed by atoms with Crippen LogP contribution in [0, 0.1) is 0 Å². The first kappa shape index (κ1) is 19.5. The van der Waals surface area contributed by atoms with Crippen molar-refractivity contribution < 1.29 is 29.0 Å². The normalized spacial score (nSPS) is 12.1. The van der Waals surface area contributed by atoms with Gasteiger partial charge in [0, 0.05) is 6.42 Å². The third-order valence-corrected chi connectivity index (χ3v) is 2.84. The van der Waals surface area contributed by atoms with Crippen LogP contribution < -0.4 is 5.32 Å². The fraction of sp³-hybridized carbons (Fsp3) is 0.471. The SMILES string of the molecule is CC(C)(C)OC(=O)[C@H](CCC(=O)O)NC(=O)OCc1ccccc1. The number of nitrogens with one attached hydrogen (secondary N) is 1. The summed E-state index contributed by atoms with van der Waals surface area (Å²) in [6.07, 6.45) is -1.16. The van der Waals surface area contributed by atoms with Crippen LogP contribution >= 0.6 is 0 Å². The van der Waals surface area contributed by atoms with Gasteiger partial charge >= 0.3 is 18.0 Å². The van der Waals surface area contributed by atoms with Crippen LogP contribution in [-0.2, 0) is 25.7 Å². The van der Waals surface area contributed by atoms with E-state index in [0.29, 0.717) is 0 Å². The van der Waals surface area contributed by atoms with Crippen molar-refractivity contribution >= 4 is 18.0 Å². The smallest absolute Gasteiger partial charge is 0.408 e. The maximum Gasteiger partial charge on any atom is 0.408 e. The van der Waals surface area contributed by atoms with E-state index in [0.717, 1.165) is 5.56 Å². The lowest BCUT2D eigenvalue weighted by atomic mass is 10.1. The largest absolute Gasteiger partial charge is 0.481 e. The minimum absolute atomic E-state index is 0.0483. The van der Waals surface area contributed by atoms with E-state index in [1.807, 2.05) is 18.2 Å². The summed E-state index contributed by atoms with van der Waals surface area (Å²) >= 11 is 0. The number of carbonyl (C=O) groups excluding carboxylic acids is 2. The number of carboxylic acid groups (broad SMARTS) is 1. The molecule has 7 nitrogen and oxygen atoms in total. The lowest BCUT2D eigenvalue weighted by molar-refractivity contribution is -0.157. The molecule has 0 spiro atoms. The molecule has 24 heavy (non-hydrogen) atoms. The summed E-state index contributed by atoms with van der Waals surface area (Å²) < 4.78 is 10.2. The number of rotatable bonds is 7. The van der Waals surface area contributed by atoms with Crippen LogP contribution in [0.25, 0.3) is 0 Å². The van der Waals surface area contributed by atoms with Gasteiger partial charge in [0.1, 0.15) is 18.2 Å². The van der Waals surface area contributed by atoms with Gasteiger partial charge in [-0.1, -0.05) is 30.3 Å². The minimum Gasteiger partial charge on any atom is -0.481 e. The molecule has 1 aromatic carbocycles. The van der Waals surface area contributed by atoms with Crippen molar-refractivity contribution in [3.05, 3.63) is 35.9 Å². The van der Waals surface area contributed by atoms with Crippen molar-refractivity contribution in [2.45, 2.75) is 51.9 Å². The Morgan fingerprint density at radius 1 is 1.17 bits per heavy atom. The van der Waals surface area contributed by atoms with Gasteiger partial charge in [0.15, 0.2) is 0 Å². The van der Waals surface area contributed by atoms with Crippen LogP contribution in [0.15, 0.2) is 30.3 Å². The minimum atomic E-state index is -1.08. The van der Waals surface area contributed by atoms with Gasteiger partial charge in [-0.25, -0.2) is 9.59 Å². The van der Waals surface area contributed by atoms with Gasteiger partial charge in [-0.15, -0.1) is 0 Å². The van der Waals surface area contributed by atoms with Gasteiger partial charge in [-0.3, -0.25) is 4.79 Å². The predicted octanol–water partition coefficient (Wildman–Crippen LogP) is 2.49. The van der Waals surface area contributed by atoms with E-state index in [4.69, 9.17) is 14.6 Å². The Morgan fingerprint density at radius 3 is 2.33 bits per heavy atom. The van der Waals surface area contributed by atoms with E-state index in [1.165, 1.54) is 0 Å². The summed E-state index contributed by atoms with van der Waals surface area (Å²) in [5, 5.41) is 11.1. The number of carbonyl (C=O) groups is 3. The summed E-state index contributed by atoms with van der Waals surface area (Å²) in [6, 6.07) is 7.98. The fourth-order valence-corrected chi connectivity index (χ4v) is 1.80. The molecule has 0 aliphatic heterocycles. The molecular weight excluding hydrogens is 314 g/mol. The molecule has 0 aromatic heterocycles. The molecule has 0 fully saturated rings. The Balaban J connectivity index is 2.60.